The second-order valence-electron chi connectivity index (χ2n) is 2.71. The van der Waals surface area contributed by atoms with Crippen LogP contribution < -0.4 is 0 Å². The molecular formula is C6H10O3. The molecule has 0 amide bonds. The number of cyclic esters (lactones) is 1. The standard InChI is InChI=1S/C6H10O3/c1-6(2)4-8-5(7)3-9-6/h3-4H2,1-2H3. The molecule has 1 aliphatic heterocycles. The molecule has 1 fully saturated rings. The van der Waals surface area contributed by atoms with Gasteiger partial charge < -0.3 is 9.47 Å². The summed E-state index contributed by atoms with van der Waals surface area (Å²) in [7, 11) is 0. The first-order valence-corrected chi connectivity index (χ1v) is 2.90. The Morgan fingerprint density at radius 3 is 2.56 bits per heavy atom. The van der Waals surface area contributed by atoms with Gasteiger partial charge in [0, 0.05) is 0 Å². The van der Waals surface area contributed by atoms with Crippen molar-refractivity contribution in [2.45, 2.75) is 19.4 Å². The van der Waals surface area contributed by atoms with Crippen LogP contribution in [-0.2, 0) is 14.3 Å². The van der Waals surface area contributed by atoms with Crippen molar-refractivity contribution in [3.8, 4) is 0 Å². The van der Waals surface area contributed by atoms with E-state index in [0.29, 0.717) is 6.61 Å². The van der Waals surface area contributed by atoms with Gasteiger partial charge >= 0.3 is 5.97 Å². The first-order valence-electron chi connectivity index (χ1n) is 2.90. The van der Waals surface area contributed by atoms with Gasteiger partial charge in [-0.1, -0.05) is 0 Å². The first kappa shape index (κ1) is 6.55. The van der Waals surface area contributed by atoms with E-state index in [9.17, 15) is 4.79 Å². The number of carbonyl (C=O) groups is 1. The first-order chi connectivity index (χ1) is 4.10. The van der Waals surface area contributed by atoms with Crippen LogP contribution in [0.2, 0.25) is 0 Å². The van der Waals surface area contributed by atoms with Crippen LogP contribution in [0.4, 0.5) is 0 Å². The Bertz CT molecular complexity index is 116. The quantitative estimate of drug-likeness (QED) is 0.443. The SMILES string of the molecule is CC1(C)COC(=O)CO1. The van der Waals surface area contributed by atoms with Crippen molar-refractivity contribution in [3.63, 3.8) is 0 Å². The predicted molar refractivity (Wildman–Crippen MR) is 31.0 cm³/mol. The highest BCUT2D eigenvalue weighted by atomic mass is 16.6. The fourth-order valence-corrected chi connectivity index (χ4v) is 0.592. The Hall–Kier alpha value is -0.570. The van der Waals surface area contributed by atoms with E-state index in [1.807, 2.05) is 13.8 Å². The molecule has 0 N–H and O–H groups in total. The summed E-state index contributed by atoms with van der Waals surface area (Å²) in [5.41, 5.74) is -0.284. The topological polar surface area (TPSA) is 35.5 Å². The average Bonchev–Trinajstić information content (AvgIpc) is 1.78. The molecule has 0 unspecified atom stereocenters. The summed E-state index contributed by atoms with van der Waals surface area (Å²) in [5.74, 6) is -0.269. The molecule has 0 radical (unpaired) electrons. The van der Waals surface area contributed by atoms with Crippen LogP contribution >= 0.6 is 0 Å². The van der Waals surface area contributed by atoms with E-state index >= 15 is 0 Å². The van der Waals surface area contributed by atoms with Crippen molar-refractivity contribution in [2.75, 3.05) is 13.2 Å². The molecular weight excluding hydrogens is 120 g/mol. The fraction of sp³-hybridized carbons (Fsp3) is 0.833. The minimum Gasteiger partial charge on any atom is -0.461 e. The maximum Gasteiger partial charge on any atom is 0.332 e. The maximum absolute atomic E-state index is 10.4. The summed E-state index contributed by atoms with van der Waals surface area (Å²) in [6, 6.07) is 0. The van der Waals surface area contributed by atoms with Crippen LogP contribution in [-0.4, -0.2) is 24.8 Å². The summed E-state index contributed by atoms with van der Waals surface area (Å²) < 4.78 is 9.83. The molecule has 0 aromatic heterocycles. The second-order valence-corrected chi connectivity index (χ2v) is 2.71. The van der Waals surface area contributed by atoms with E-state index in [1.54, 1.807) is 0 Å². The van der Waals surface area contributed by atoms with Crippen LogP contribution in [0.1, 0.15) is 13.8 Å². The van der Waals surface area contributed by atoms with E-state index in [0.717, 1.165) is 0 Å². The maximum atomic E-state index is 10.4. The minimum atomic E-state index is -0.284. The Kier molecular flexibility index (Phi) is 1.45. The van der Waals surface area contributed by atoms with Crippen molar-refractivity contribution in [3.05, 3.63) is 0 Å². The molecule has 0 spiro atoms. The van der Waals surface area contributed by atoms with Gasteiger partial charge in [-0.05, 0) is 13.8 Å². The average molecular weight is 130 g/mol. The Morgan fingerprint density at radius 2 is 2.22 bits per heavy atom. The van der Waals surface area contributed by atoms with Gasteiger partial charge in [-0.2, -0.15) is 0 Å². The van der Waals surface area contributed by atoms with Crippen molar-refractivity contribution in [2.24, 2.45) is 0 Å². The Labute approximate surface area is 53.9 Å². The van der Waals surface area contributed by atoms with Gasteiger partial charge in [-0.3, -0.25) is 0 Å². The lowest BCUT2D eigenvalue weighted by Crippen LogP contribution is -2.39. The van der Waals surface area contributed by atoms with E-state index in [1.165, 1.54) is 0 Å². The summed E-state index contributed by atoms with van der Waals surface area (Å²) in [6.45, 7) is 4.23. The summed E-state index contributed by atoms with van der Waals surface area (Å²) in [4.78, 5) is 10.4. The lowest BCUT2D eigenvalue weighted by molar-refractivity contribution is -0.180. The van der Waals surface area contributed by atoms with Crippen LogP contribution in [0.15, 0.2) is 0 Å². The highest BCUT2D eigenvalue weighted by Gasteiger charge is 2.26. The number of esters is 1. The number of ether oxygens (including phenoxy) is 2. The summed E-state index contributed by atoms with van der Waals surface area (Å²) in [5, 5.41) is 0. The number of hydrogen-bond acceptors (Lipinski definition) is 3. The summed E-state index contributed by atoms with van der Waals surface area (Å²) in [6.07, 6.45) is 0. The number of rotatable bonds is 0. The number of hydrogen-bond donors (Lipinski definition) is 0. The molecule has 0 aliphatic carbocycles. The molecule has 1 heterocycles. The third-order valence-corrected chi connectivity index (χ3v) is 1.16. The zero-order valence-corrected chi connectivity index (χ0v) is 5.64. The van der Waals surface area contributed by atoms with E-state index in [4.69, 9.17) is 9.47 Å². The van der Waals surface area contributed by atoms with Gasteiger partial charge in [0.2, 0.25) is 0 Å². The van der Waals surface area contributed by atoms with Gasteiger partial charge in [-0.15, -0.1) is 0 Å². The molecule has 1 rings (SSSR count). The molecule has 9 heavy (non-hydrogen) atoms. The molecule has 0 aromatic carbocycles. The second kappa shape index (κ2) is 1.99. The smallest absolute Gasteiger partial charge is 0.332 e. The van der Waals surface area contributed by atoms with Crippen molar-refractivity contribution < 1.29 is 14.3 Å². The highest BCUT2D eigenvalue weighted by Crippen LogP contribution is 2.13. The van der Waals surface area contributed by atoms with Crippen LogP contribution in [0.3, 0.4) is 0 Å². The molecule has 0 atom stereocenters. The van der Waals surface area contributed by atoms with Gasteiger partial charge in [0.25, 0.3) is 0 Å². The molecule has 3 nitrogen and oxygen atoms in total. The molecule has 1 aliphatic rings. The lowest BCUT2D eigenvalue weighted by atomic mass is 10.1. The largest absolute Gasteiger partial charge is 0.461 e. The van der Waals surface area contributed by atoms with Crippen LogP contribution in [0.25, 0.3) is 0 Å². The zero-order valence-electron chi connectivity index (χ0n) is 5.64. The molecule has 1 saturated heterocycles. The third-order valence-electron chi connectivity index (χ3n) is 1.16. The molecule has 52 valence electrons. The van der Waals surface area contributed by atoms with Crippen molar-refractivity contribution in [1.82, 2.24) is 0 Å². The zero-order chi connectivity index (χ0) is 6.91. The molecule has 3 heteroatoms. The van der Waals surface area contributed by atoms with E-state index < -0.39 is 0 Å². The molecule has 0 aromatic rings. The van der Waals surface area contributed by atoms with Gasteiger partial charge in [0.05, 0.1) is 5.60 Å². The third kappa shape index (κ3) is 1.68. The Balaban J connectivity index is 2.44. The van der Waals surface area contributed by atoms with Gasteiger partial charge in [0.15, 0.2) is 0 Å². The monoisotopic (exact) mass is 130 g/mol. The van der Waals surface area contributed by atoms with Gasteiger partial charge in [0.1, 0.15) is 13.2 Å². The Morgan fingerprint density at radius 1 is 1.56 bits per heavy atom. The van der Waals surface area contributed by atoms with Crippen molar-refractivity contribution in [1.29, 1.82) is 0 Å². The molecule has 0 saturated carbocycles. The minimum absolute atomic E-state index is 0.0903. The fourth-order valence-electron chi connectivity index (χ4n) is 0.592. The van der Waals surface area contributed by atoms with E-state index in [2.05, 4.69) is 0 Å². The molecule has 0 bridgehead atoms. The van der Waals surface area contributed by atoms with Crippen LogP contribution in [0.5, 0.6) is 0 Å². The lowest BCUT2D eigenvalue weighted by Gasteiger charge is -2.28. The van der Waals surface area contributed by atoms with Gasteiger partial charge in [-0.25, -0.2) is 4.79 Å². The predicted octanol–water partition coefficient (Wildman–Crippen LogP) is 0.338. The van der Waals surface area contributed by atoms with E-state index in [-0.39, 0.29) is 18.2 Å². The van der Waals surface area contributed by atoms with Crippen LogP contribution in [0, 0.1) is 0 Å². The number of carbonyl (C=O) groups excluding carboxylic acids is 1. The summed E-state index contributed by atoms with van der Waals surface area (Å²) >= 11 is 0. The highest BCUT2D eigenvalue weighted by molar-refractivity contribution is 5.71. The normalized spacial score (nSPS) is 25.3. The van der Waals surface area contributed by atoms with Crippen molar-refractivity contribution >= 4 is 5.97 Å².